The number of anilines is 1. The van der Waals surface area contributed by atoms with Crippen LogP contribution in [0.25, 0.3) is 0 Å². The van der Waals surface area contributed by atoms with Gasteiger partial charge < -0.3 is 10.0 Å². The molecule has 1 N–H and O–H groups in total. The van der Waals surface area contributed by atoms with Gasteiger partial charge in [0.2, 0.25) is 0 Å². The Balaban J connectivity index is 2.95. The lowest BCUT2D eigenvalue weighted by atomic mass is 10.0. The molecule has 0 saturated heterocycles. The number of rotatable bonds is 7. The number of aromatic carboxylic acids is 1. The molecule has 1 aromatic rings. The van der Waals surface area contributed by atoms with E-state index in [2.05, 4.69) is 30.7 Å². The maximum absolute atomic E-state index is 10.9. The monoisotopic (exact) mass is 264 g/mol. The average Bonchev–Trinajstić information content (AvgIpc) is 2.41. The standard InChI is InChI=1S/C15H24N2O2/c1-5-12(6-2)10-17(7-3)14-11(4)8-13(9-16-14)15(18)19/h8-9,12H,5-7,10H2,1-4H3,(H,18,19). The van der Waals surface area contributed by atoms with Gasteiger partial charge in [0.1, 0.15) is 5.82 Å². The largest absolute Gasteiger partial charge is 0.478 e. The summed E-state index contributed by atoms with van der Waals surface area (Å²) in [6.45, 7) is 10.3. The van der Waals surface area contributed by atoms with Crippen LogP contribution in [0.15, 0.2) is 12.3 Å². The third kappa shape index (κ3) is 3.94. The first-order valence-electron chi connectivity index (χ1n) is 6.98. The second-order valence-corrected chi connectivity index (χ2v) is 4.89. The van der Waals surface area contributed by atoms with Crippen LogP contribution in [0.3, 0.4) is 0 Å². The van der Waals surface area contributed by atoms with E-state index in [4.69, 9.17) is 5.11 Å². The summed E-state index contributed by atoms with van der Waals surface area (Å²) < 4.78 is 0. The van der Waals surface area contributed by atoms with E-state index in [9.17, 15) is 4.79 Å². The van der Waals surface area contributed by atoms with Crippen LogP contribution < -0.4 is 4.90 Å². The Bertz CT molecular complexity index is 428. The molecule has 0 bridgehead atoms. The maximum Gasteiger partial charge on any atom is 0.337 e. The number of carboxylic acids is 1. The van der Waals surface area contributed by atoms with Crippen LogP contribution in [0.4, 0.5) is 5.82 Å². The van der Waals surface area contributed by atoms with Gasteiger partial charge in [-0.25, -0.2) is 9.78 Å². The van der Waals surface area contributed by atoms with Gasteiger partial charge in [0, 0.05) is 19.3 Å². The molecule has 106 valence electrons. The van der Waals surface area contributed by atoms with E-state index in [1.54, 1.807) is 6.07 Å². The summed E-state index contributed by atoms with van der Waals surface area (Å²) in [6.07, 6.45) is 3.75. The summed E-state index contributed by atoms with van der Waals surface area (Å²) in [7, 11) is 0. The quantitative estimate of drug-likeness (QED) is 0.820. The summed E-state index contributed by atoms with van der Waals surface area (Å²) in [5.74, 6) is 0.630. The normalized spacial score (nSPS) is 10.8. The lowest BCUT2D eigenvalue weighted by Gasteiger charge is -2.27. The van der Waals surface area contributed by atoms with E-state index >= 15 is 0 Å². The molecule has 0 aliphatic rings. The van der Waals surface area contributed by atoms with Crippen molar-refractivity contribution in [3.8, 4) is 0 Å². The fourth-order valence-electron chi connectivity index (χ4n) is 2.24. The molecule has 1 aromatic heterocycles. The third-order valence-electron chi connectivity index (χ3n) is 3.61. The summed E-state index contributed by atoms with van der Waals surface area (Å²) >= 11 is 0. The Morgan fingerprint density at radius 2 is 2.00 bits per heavy atom. The summed E-state index contributed by atoms with van der Waals surface area (Å²) in [5.41, 5.74) is 1.17. The van der Waals surface area contributed by atoms with E-state index in [0.29, 0.717) is 5.92 Å². The molecule has 0 amide bonds. The average molecular weight is 264 g/mol. The van der Waals surface area contributed by atoms with Gasteiger partial charge in [0.15, 0.2) is 0 Å². The molecule has 1 heterocycles. The first-order valence-corrected chi connectivity index (χ1v) is 6.98. The lowest BCUT2D eigenvalue weighted by molar-refractivity contribution is 0.0696. The molecule has 0 spiro atoms. The summed E-state index contributed by atoms with van der Waals surface area (Å²) in [6, 6.07) is 1.69. The van der Waals surface area contributed by atoms with Crippen molar-refractivity contribution < 1.29 is 9.90 Å². The van der Waals surface area contributed by atoms with Gasteiger partial charge in [-0.3, -0.25) is 0 Å². The minimum Gasteiger partial charge on any atom is -0.478 e. The molecular formula is C15H24N2O2. The van der Waals surface area contributed by atoms with Crippen molar-refractivity contribution in [1.29, 1.82) is 0 Å². The van der Waals surface area contributed by atoms with Crippen LogP contribution in [-0.2, 0) is 0 Å². The van der Waals surface area contributed by atoms with Crippen molar-refractivity contribution in [3.05, 3.63) is 23.4 Å². The highest BCUT2D eigenvalue weighted by atomic mass is 16.4. The van der Waals surface area contributed by atoms with Crippen LogP contribution in [-0.4, -0.2) is 29.1 Å². The number of nitrogens with zero attached hydrogens (tertiary/aromatic N) is 2. The second-order valence-electron chi connectivity index (χ2n) is 4.89. The van der Waals surface area contributed by atoms with E-state index in [0.717, 1.165) is 37.3 Å². The van der Waals surface area contributed by atoms with Gasteiger partial charge in [-0.15, -0.1) is 0 Å². The Morgan fingerprint density at radius 3 is 2.42 bits per heavy atom. The van der Waals surface area contributed by atoms with Crippen molar-refractivity contribution in [2.75, 3.05) is 18.0 Å². The van der Waals surface area contributed by atoms with Gasteiger partial charge in [-0.05, 0) is 31.4 Å². The molecule has 0 radical (unpaired) electrons. The fraction of sp³-hybridized carbons (Fsp3) is 0.600. The van der Waals surface area contributed by atoms with Crippen molar-refractivity contribution in [1.82, 2.24) is 4.98 Å². The Kier molecular flexibility index (Phi) is 5.80. The Hall–Kier alpha value is -1.58. The number of carbonyl (C=O) groups is 1. The number of aromatic nitrogens is 1. The number of aryl methyl sites for hydroxylation is 1. The summed E-state index contributed by atoms with van der Waals surface area (Å²) in [5, 5.41) is 8.96. The Labute approximate surface area is 115 Å². The second kappa shape index (κ2) is 7.12. The van der Waals surface area contributed by atoms with E-state index < -0.39 is 5.97 Å². The Morgan fingerprint density at radius 1 is 1.37 bits per heavy atom. The van der Waals surface area contributed by atoms with Crippen molar-refractivity contribution in [2.24, 2.45) is 5.92 Å². The molecule has 0 aliphatic carbocycles. The highest BCUT2D eigenvalue weighted by Crippen LogP contribution is 2.21. The predicted octanol–water partition coefficient (Wildman–Crippen LogP) is 3.35. The zero-order valence-electron chi connectivity index (χ0n) is 12.3. The van der Waals surface area contributed by atoms with E-state index in [1.807, 2.05) is 6.92 Å². The predicted molar refractivity (Wildman–Crippen MR) is 77.9 cm³/mol. The van der Waals surface area contributed by atoms with Gasteiger partial charge in [0.25, 0.3) is 0 Å². The summed E-state index contributed by atoms with van der Waals surface area (Å²) in [4.78, 5) is 17.5. The first-order chi connectivity index (χ1) is 9.03. The van der Waals surface area contributed by atoms with E-state index in [-0.39, 0.29) is 5.56 Å². The molecule has 0 unspecified atom stereocenters. The smallest absolute Gasteiger partial charge is 0.337 e. The molecule has 19 heavy (non-hydrogen) atoms. The van der Waals surface area contributed by atoms with Crippen molar-refractivity contribution >= 4 is 11.8 Å². The lowest BCUT2D eigenvalue weighted by Crippen LogP contribution is -2.30. The number of carboxylic acid groups (broad SMARTS) is 1. The molecule has 0 aliphatic heterocycles. The van der Waals surface area contributed by atoms with Crippen LogP contribution in [0, 0.1) is 12.8 Å². The van der Waals surface area contributed by atoms with Crippen molar-refractivity contribution in [3.63, 3.8) is 0 Å². The fourth-order valence-corrected chi connectivity index (χ4v) is 2.24. The molecule has 0 atom stereocenters. The topological polar surface area (TPSA) is 53.4 Å². The first kappa shape index (κ1) is 15.5. The van der Waals surface area contributed by atoms with Gasteiger partial charge >= 0.3 is 5.97 Å². The van der Waals surface area contributed by atoms with Gasteiger partial charge in [0.05, 0.1) is 5.56 Å². The number of pyridine rings is 1. The molecule has 4 heteroatoms. The minimum absolute atomic E-state index is 0.250. The maximum atomic E-state index is 10.9. The number of hydrogen-bond donors (Lipinski definition) is 1. The van der Waals surface area contributed by atoms with Crippen LogP contribution in [0.1, 0.15) is 49.5 Å². The van der Waals surface area contributed by atoms with Gasteiger partial charge in [-0.2, -0.15) is 0 Å². The third-order valence-corrected chi connectivity index (χ3v) is 3.61. The zero-order chi connectivity index (χ0) is 14.4. The van der Waals surface area contributed by atoms with Gasteiger partial charge in [-0.1, -0.05) is 26.7 Å². The van der Waals surface area contributed by atoms with Crippen LogP contribution in [0.5, 0.6) is 0 Å². The minimum atomic E-state index is -0.926. The highest BCUT2D eigenvalue weighted by Gasteiger charge is 2.15. The van der Waals surface area contributed by atoms with Crippen LogP contribution in [0.2, 0.25) is 0 Å². The van der Waals surface area contributed by atoms with Crippen LogP contribution >= 0.6 is 0 Å². The zero-order valence-corrected chi connectivity index (χ0v) is 12.3. The number of hydrogen-bond acceptors (Lipinski definition) is 3. The molecule has 0 aromatic carbocycles. The molecule has 0 fully saturated rings. The van der Waals surface area contributed by atoms with Crippen molar-refractivity contribution in [2.45, 2.75) is 40.5 Å². The molecule has 1 rings (SSSR count). The van der Waals surface area contributed by atoms with E-state index in [1.165, 1.54) is 6.20 Å². The SMILES string of the molecule is CCC(CC)CN(CC)c1ncc(C(=O)O)cc1C. The molecule has 4 nitrogen and oxygen atoms in total. The highest BCUT2D eigenvalue weighted by molar-refractivity contribution is 5.87. The molecule has 0 saturated carbocycles. The molecular weight excluding hydrogens is 240 g/mol.